The first kappa shape index (κ1) is 21.3. The van der Waals surface area contributed by atoms with Crippen molar-refractivity contribution in [3.8, 4) is 0 Å². The van der Waals surface area contributed by atoms with E-state index < -0.39 is 0 Å². The smallest absolute Gasteiger partial charge is 0.223 e. The Morgan fingerprint density at radius 3 is 2.44 bits per heavy atom. The molecule has 0 saturated heterocycles. The van der Waals surface area contributed by atoms with Crippen molar-refractivity contribution in [3.63, 3.8) is 0 Å². The topological polar surface area (TPSA) is 56.7 Å². The van der Waals surface area contributed by atoms with Crippen LogP contribution in [-0.4, -0.2) is 36.4 Å². The zero-order valence-electron chi connectivity index (χ0n) is 17.3. The number of amides is 1. The Morgan fingerprint density at radius 2 is 1.81 bits per heavy atom. The molecule has 0 saturated carbocycles. The number of unbranched alkanes of at least 4 members (excludes halogenated alkanes) is 1. The van der Waals surface area contributed by atoms with E-state index >= 15 is 0 Å². The zero-order valence-corrected chi connectivity index (χ0v) is 17.3. The minimum absolute atomic E-state index is 0.230. The highest BCUT2D eigenvalue weighted by Crippen LogP contribution is 2.22. The quantitative estimate of drug-likeness (QED) is 0.374. The van der Waals surface area contributed by atoms with Gasteiger partial charge < -0.3 is 15.5 Å². The van der Waals surface area contributed by atoms with Gasteiger partial charge in [-0.1, -0.05) is 51.0 Å². The van der Waals surface area contributed by atoms with E-state index in [4.69, 9.17) is 0 Å². The third kappa shape index (κ3) is 7.61. The van der Waals surface area contributed by atoms with Gasteiger partial charge in [0.1, 0.15) is 0 Å². The van der Waals surface area contributed by atoms with E-state index in [0.717, 1.165) is 50.9 Å². The van der Waals surface area contributed by atoms with Crippen molar-refractivity contribution in [2.24, 2.45) is 10.9 Å². The van der Waals surface area contributed by atoms with Crippen LogP contribution >= 0.6 is 0 Å². The SMILES string of the molecule is CCNC(=NCCCC(=O)N1Cc2ccccc2C1)NCCCCC(C)C. The van der Waals surface area contributed by atoms with E-state index in [-0.39, 0.29) is 5.91 Å². The van der Waals surface area contributed by atoms with E-state index in [2.05, 4.69) is 48.5 Å². The van der Waals surface area contributed by atoms with Gasteiger partial charge in [0.25, 0.3) is 0 Å². The molecule has 27 heavy (non-hydrogen) atoms. The van der Waals surface area contributed by atoms with Crippen molar-refractivity contribution < 1.29 is 4.79 Å². The lowest BCUT2D eigenvalue weighted by molar-refractivity contribution is -0.131. The highest BCUT2D eigenvalue weighted by molar-refractivity contribution is 5.80. The largest absolute Gasteiger partial charge is 0.357 e. The zero-order chi connectivity index (χ0) is 19.5. The monoisotopic (exact) mass is 372 g/mol. The Hall–Kier alpha value is -2.04. The first-order valence-corrected chi connectivity index (χ1v) is 10.5. The highest BCUT2D eigenvalue weighted by Gasteiger charge is 2.22. The number of carbonyl (C=O) groups excluding carboxylic acids is 1. The number of carbonyl (C=O) groups is 1. The summed E-state index contributed by atoms with van der Waals surface area (Å²) in [7, 11) is 0. The number of guanidine groups is 1. The van der Waals surface area contributed by atoms with Gasteiger partial charge in [-0.25, -0.2) is 0 Å². The van der Waals surface area contributed by atoms with Crippen LogP contribution in [0, 0.1) is 5.92 Å². The fourth-order valence-electron chi connectivity index (χ4n) is 3.31. The number of hydrogen-bond acceptors (Lipinski definition) is 2. The molecule has 150 valence electrons. The number of nitrogens with one attached hydrogen (secondary N) is 2. The lowest BCUT2D eigenvalue weighted by Crippen LogP contribution is -2.38. The summed E-state index contributed by atoms with van der Waals surface area (Å²) in [6, 6.07) is 8.31. The Labute approximate surface area is 164 Å². The predicted octanol–water partition coefficient (Wildman–Crippen LogP) is 3.69. The van der Waals surface area contributed by atoms with Crippen molar-refractivity contribution in [2.45, 2.75) is 66.0 Å². The van der Waals surface area contributed by atoms with Crippen LogP contribution < -0.4 is 10.6 Å². The fraction of sp³-hybridized carbons (Fsp3) is 0.636. The van der Waals surface area contributed by atoms with Gasteiger partial charge in [-0.05, 0) is 36.8 Å². The Balaban J connectivity index is 1.65. The molecule has 0 unspecified atom stereocenters. The van der Waals surface area contributed by atoms with Crippen LogP contribution in [0.15, 0.2) is 29.3 Å². The normalized spacial score (nSPS) is 13.8. The van der Waals surface area contributed by atoms with Crippen molar-refractivity contribution in [1.29, 1.82) is 0 Å². The van der Waals surface area contributed by atoms with Crippen molar-refractivity contribution >= 4 is 11.9 Å². The van der Waals surface area contributed by atoms with Crippen LogP contribution in [0.1, 0.15) is 64.0 Å². The van der Waals surface area contributed by atoms with Crippen LogP contribution in [0.5, 0.6) is 0 Å². The van der Waals surface area contributed by atoms with Gasteiger partial charge in [-0.2, -0.15) is 0 Å². The van der Waals surface area contributed by atoms with Crippen LogP contribution in [0.3, 0.4) is 0 Å². The molecule has 5 nitrogen and oxygen atoms in total. The Bertz CT molecular complexity index is 587. The van der Waals surface area contributed by atoms with Gasteiger partial charge in [0.05, 0.1) is 0 Å². The predicted molar refractivity (Wildman–Crippen MR) is 113 cm³/mol. The second kappa shape index (κ2) is 11.6. The standard InChI is InChI=1S/C22H36N4O/c1-4-23-22(24-14-8-7-10-18(2)3)25-15-9-13-21(27)26-16-19-11-5-6-12-20(19)17-26/h5-6,11-12,18H,4,7-10,13-17H2,1-3H3,(H2,23,24,25). The minimum atomic E-state index is 0.230. The maximum atomic E-state index is 12.4. The second-order valence-electron chi connectivity index (χ2n) is 7.70. The number of nitrogens with zero attached hydrogens (tertiary/aromatic N) is 2. The fourth-order valence-corrected chi connectivity index (χ4v) is 3.31. The molecule has 0 fully saturated rings. The summed E-state index contributed by atoms with van der Waals surface area (Å²) in [6.07, 6.45) is 5.03. The molecule has 0 aromatic heterocycles. The summed E-state index contributed by atoms with van der Waals surface area (Å²) in [5.41, 5.74) is 2.56. The maximum absolute atomic E-state index is 12.4. The molecule has 1 heterocycles. The third-order valence-corrected chi connectivity index (χ3v) is 4.86. The van der Waals surface area contributed by atoms with Gasteiger partial charge in [0, 0.05) is 39.1 Å². The van der Waals surface area contributed by atoms with Gasteiger partial charge >= 0.3 is 0 Å². The number of aliphatic imine (C=N–C) groups is 1. The Kier molecular flexibility index (Phi) is 9.16. The molecule has 0 bridgehead atoms. The molecular weight excluding hydrogens is 336 g/mol. The molecule has 0 radical (unpaired) electrons. The van der Waals surface area contributed by atoms with E-state index in [9.17, 15) is 4.79 Å². The molecule has 0 spiro atoms. The summed E-state index contributed by atoms with van der Waals surface area (Å²) < 4.78 is 0. The first-order valence-electron chi connectivity index (χ1n) is 10.5. The van der Waals surface area contributed by atoms with E-state index in [1.165, 1.54) is 24.0 Å². The van der Waals surface area contributed by atoms with Crippen LogP contribution in [0.2, 0.25) is 0 Å². The van der Waals surface area contributed by atoms with Gasteiger partial charge in [-0.3, -0.25) is 9.79 Å². The van der Waals surface area contributed by atoms with Crippen molar-refractivity contribution in [2.75, 3.05) is 19.6 Å². The van der Waals surface area contributed by atoms with Crippen molar-refractivity contribution in [1.82, 2.24) is 15.5 Å². The highest BCUT2D eigenvalue weighted by atomic mass is 16.2. The number of rotatable bonds is 10. The summed E-state index contributed by atoms with van der Waals surface area (Å²) in [5, 5.41) is 6.67. The first-order chi connectivity index (χ1) is 13.1. The average molecular weight is 373 g/mol. The van der Waals surface area contributed by atoms with Crippen LogP contribution in [-0.2, 0) is 17.9 Å². The van der Waals surface area contributed by atoms with Gasteiger partial charge in [0.15, 0.2) is 5.96 Å². The van der Waals surface area contributed by atoms with Crippen molar-refractivity contribution in [3.05, 3.63) is 35.4 Å². The molecule has 1 aliphatic rings. The average Bonchev–Trinajstić information content (AvgIpc) is 3.08. The second-order valence-corrected chi connectivity index (χ2v) is 7.70. The third-order valence-electron chi connectivity index (χ3n) is 4.86. The molecule has 1 aromatic carbocycles. The summed E-state index contributed by atoms with van der Waals surface area (Å²) >= 11 is 0. The maximum Gasteiger partial charge on any atom is 0.223 e. The Morgan fingerprint density at radius 1 is 1.11 bits per heavy atom. The summed E-state index contributed by atoms with van der Waals surface area (Å²) in [6.45, 7) is 10.6. The molecular formula is C22H36N4O. The molecule has 2 N–H and O–H groups in total. The van der Waals surface area contributed by atoms with E-state index in [1.807, 2.05) is 17.0 Å². The van der Waals surface area contributed by atoms with Gasteiger partial charge in [0.2, 0.25) is 5.91 Å². The van der Waals surface area contributed by atoms with Crippen LogP contribution in [0.25, 0.3) is 0 Å². The molecule has 1 aliphatic heterocycles. The molecule has 1 aromatic rings. The number of benzene rings is 1. The van der Waals surface area contributed by atoms with Gasteiger partial charge in [-0.15, -0.1) is 0 Å². The van der Waals surface area contributed by atoms with Crippen LogP contribution in [0.4, 0.5) is 0 Å². The molecule has 0 aliphatic carbocycles. The number of fused-ring (bicyclic) bond motifs is 1. The molecule has 2 rings (SSSR count). The lowest BCUT2D eigenvalue weighted by atomic mass is 10.1. The van der Waals surface area contributed by atoms with E-state index in [0.29, 0.717) is 13.0 Å². The molecule has 5 heteroatoms. The molecule has 0 atom stereocenters. The number of hydrogen-bond donors (Lipinski definition) is 2. The summed E-state index contributed by atoms with van der Waals surface area (Å²) in [5.74, 6) is 1.86. The van der Waals surface area contributed by atoms with E-state index in [1.54, 1.807) is 0 Å². The summed E-state index contributed by atoms with van der Waals surface area (Å²) in [4.78, 5) is 19.0. The minimum Gasteiger partial charge on any atom is -0.357 e. The lowest BCUT2D eigenvalue weighted by Gasteiger charge is -2.15. The molecule has 1 amide bonds.